The molecule has 0 bridgehead atoms. The van der Waals surface area contributed by atoms with E-state index in [-0.39, 0.29) is 0 Å². The van der Waals surface area contributed by atoms with Gasteiger partial charge in [0.25, 0.3) is 0 Å². The summed E-state index contributed by atoms with van der Waals surface area (Å²) in [5, 5.41) is 7.46. The van der Waals surface area contributed by atoms with Crippen molar-refractivity contribution in [2.45, 2.75) is 26.2 Å². The van der Waals surface area contributed by atoms with E-state index in [1.807, 2.05) is 42.6 Å². The number of guanidine groups is 1. The Balaban J connectivity index is 1.74. The summed E-state index contributed by atoms with van der Waals surface area (Å²) in [6.07, 6.45) is 4.62. The summed E-state index contributed by atoms with van der Waals surface area (Å²) in [7, 11) is 0. The minimum Gasteiger partial charge on any atom is -0.357 e. The molecule has 4 nitrogen and oxygen atoms in total. The fourth-order valence-electron chi connectivity index (χ4n) is 2.36. The van der Waals surface area contributed by atoms with E-state index in [0.717, 1.165) is 55.6 Å². The summed E-state index contributed by atoms with van der Waals surface area (Å²) in [5.41, 5.74) is 2.27. The maximum atomic E-state index is 6.18. The summed E-state index contributed by atoms with van der Waals surface area (Å²) in [6.45, 7) is 4.50. The number of aromatic nitrogens is 1. The highest BCUT2D eigenvalue weighted by molar-refractivity contribution is 6.31. The number of hydrogen-bond donors (Lipinski definition) is 2. The fourth-order valence-corrected chi connectivity index (χ4v) is 2.59. The van der Waals surface area contributed by atoms with Crippen LogP contribution < -0.4 is 10.6 Å². The molecule has 1 heterocycles. The average Bonchev–Trinajstić information content (AvgIpc) is 2.61. The van der Waals surface area contributed by atoms with Crippen molar-refractivity contribution in [3.63, 3.8) is 0 Å². The Morgan fingerprint density at radius 2 is 1.92 bits per heavy atom. The van der Waals surface area contributed by atoms with Crippen LogP contribution >= 0.6 is 11.6 Å². The molecular weight excluding hydrogens is 320 g/mol. The van der Waals surface area contributed by atoms with Crippen LogP contribution in [0, 0.1) is 0 Å². The highest BCUT2D eigenvalue weighted by Crippen LogP contribution is 2.16. The predicted molar refractivity (Wildman–Crippen MR) is 102 cm³/mol. The van der Waals surface area contributed by atoms with Crippen LogP contribution in [0.5, 0.6) is 0 Å². The number of rotatable bonds is 8. The molecule has 1 aromatic carbocycles. The molecule has 0 unspecified atom stereocenters. The zero-order valence-corrected chi connectivity index (χ0v) is 14.9. The first-order valence-corrected chi connectivity index (χ1v) is 8.83. The molecule has 0 aliphatic heterocycles. The van der Waals surface area contributed by atoms with Crippen LogP contribution in [0.2, 0.25) is 5.02 Å². The van der Waals surface area contributed by atoms with Crippen LogP contribution in [0.1, 0.15) is 24.6 Å². The lowest BCUT2D eigenvalue weighted by atomic mass is 10.1. The van der Waals surface area contributed by atoms with Crippen LogP contribution in [0.15, 0.2) is 53.7 Å². The Morgan fingerprint density at radius 1 is 1.08 bits per heavy atom. The van der Waals surface area contributed by atoms with Gasteiger partial charge in [-0.15, -0.1) is 0 Å². The molecular formula is C19H25ClN4. The van der Waals surface area contributed by atoms with Crippen LogP contribution in [0.3, 0.4) is 0 Å². The first-order chi connectivity index (χ1) is 11.8. The van der Waals surface area contributed by atoms with Crippen molar-refractivity contribution in [1.82, 2.24) is 15.6 Å². The Labute approximate surface area is 149 Å². The van der Waals surface area contributed by atoms with E-state index in [0.29, 0.717) is 0 Å². The lowest BCUT2D eigenvalue weighted by Crippen LogP contribution is -2.38. The molecule has 5 heteroatoms. The van der Waals surface area contributed by atoms with Gasteiger partial charge >= 0.3 is 0 Å². The minimum atomic E-state index is 0.768. The first kappa shape index (κ1) is 18.3. The SMILES string of the molecule is CCNC(=NCCCc1ccccc1Cl)NCCc1ccccn1. The second kappa shape index (κ2) is 10.7. The van der Waals surface area contributed by atoms with Crippen molar-refractivity contribution in [3.8, 4) is 0 Å². The van der Waals surface area contributed by atoms with Crippen molar-refractivity contribution in [1.29, 1.82) is 0 Å². The fraction of sp³-hybridized carbons (Fsp3) is 0.368. The largest absolute Gasteiger partial charge is 0.357 e. The second-order valence-corrected chi connectivity index (χ2v) is 5.86. The highest BCUT2D eigenvalue weighted by Gasteiger charge is 2.00. The van der Waals surface area contributed by atoms with Crippen molar-refractivity contribution in [3.05, 3.63) is 64.9 Å². The van der Waals surface area contributed by atoms with Gasteiger partial charge in [-0.2, -0.15) is 0 Å². The van der Waals surface area contributed by atoms with Gasteiger partial charge in [-0.3, -0.25) is 9.98 Å². The number of halogens is 1. The molecule has 0 aliphatic carbocycles. The maximum absolute atomic E-state index is 6.18. The molecule has 0 atom stereocenters. The zero-order chi connectivity index (χ0) is 17.0. The molecule has 1 aromatic heterocycles. The van der Waals surface area contributed by atoms with E-state index < -0.39 is 0 Å². The van der Waals surface area contributed by atoms with Gasteiger partial charge in [0.2, 0.25) is 0 Å². The van der Waals surface area contributed by atoms with E-state index in [2.05, 4.69) is 33.6 Å². The third-order valence-electron chi connectivity index (χ3n) is 3.58. The molecule has 2 aromatic rings. The molecule has 0 radical (unpaired) electrons. The van der Waals surface area contributed by atoms with Gasteiger partial charge in [-0.05, 0) is 43.5 Å². The van der Waals surface area contributed by atoms with Gasteiger partial charge in [-0.1, -0.05) is 35.9 Å². The number of nitrogens with one attached hydrogen (secondary N) is 2. The molecule has 0 saturated carbocycles. The first-order valence-electron chi connectivity index (χ1n) is 8.45. The van der Waals surface area contributed by atoms with Crippen LogP contribution in [0.25, 0.3) is 0 Å². The summed E-state index contributed by atoms with van der Waals surface area (Å²) >= 11 is 6.18. The van der Waals surface area contributed by atoms with Gasteiger partial charge < -0.3 is 10.6 Å². The summed E-state index contributed by atoms with van der Waals surface area (Å²) in [4.78, 5) is 8.95. The van der Waals surface area contributed by atoms with Crippen molar-refractivity contribution >= 4 is 17.6 Å². The van der Waals surface area contributed by atoms with Gasteiger partial charge in [-0.25, -0.2) is 0 Å². The van der Waals surface area contributed by atoms with E-state index in [1.54, 1.807) is 0 Å². The molecule has 24 heavy (non-hydrogen) atoms. The smallest absolute Gasteiger partial charge is 0.191 e. The summed E-state index contributed by atoms with van der Waals surface area (Å²) < 4.78 is 0. The molecule has 2 N–H and O–H groups in total. The number of aryl methyl sites for hydroxylation is 1. The minimum absolute atomic E-state index is 0.768. The molecule has 2 rings (SSSR count). The Morgan fingerprint density at radius 3 is 2.67 bits per heavy atom. The predicted octanol–water partition coefficient (Wildman–Crippen LogP) is 3.47. The third-order valence-corrected chi connectivity index (χ3v) is 3.94. The van der Waals surface area contributed by atoms with E-state index >= 15 is 0 Å². The number of nitrogens with zero attached hydrogens (tertiary/aromatic N) is 2. The Hall–Kier alpha value is -2.07. The van der Waals surface area contributed by atoms with E-state index in [1.165, 1.54) is 5.56 Å². The highest BCUT2D eigenvalue weighted by atomic mass is 35.5. The number of pyridine rings is 1. The maximum Gasteiger partial charge on any atom is 0.191 e. The number of hydrogen-bond acceptors (Lipinski definition) is 2. The quantitative estimate of drug-likeness (QED) is 0.438. The van der Waals surface area contributed by atoms with E-state index in [4.69, 9.17) is 11.6 Å². The van der Waals surface area contributed by atoms with Crippen LogP contribution in [-0.4, -0.2) is 30.6 Å². The monoisotopic (exact) mass is 344 g/mol. The lowest BCUT2D eigenvalue weighted by molar-refractivity contribution is 0.770. The van der Waals surface area contributed by atoms with Crippen molar-refractivity contribution in [2.75, 3.05) is 19.6 Å². The lowest BCUT2D eigenvalue weighted by Gasteiger charge is -2.11. The number of benzene rings is 1. The molecule has 0 spiro atoms. The topological polar surface area (TPSA) is 49.3 Å². The van der Waals surface area contributed by atoms with Crippen LogP contribution in [-0.2, 0) is 12.8 Å². The molecule has 0 saturated heterocycles. The number of aliphatic imine (C=N–C) groups is 1. The zero-order valence-electron chi connectivity index (χ0n) is 14.1. The van der Waals surface area contributed by atoms with Gasteiger partial charge in [0.15, 0.2) is 5.96 Å². The van der Waals surface area contributed by atoms with Gasteiger partial charge in [0.1, 0.15) is 0 Å². The normalized spacial score (nSPS) is 11.3. The average molecular weight is 345 g/mol. The van der Waals surface area contributed by atoms with Crippen LogP contribution in [0.4, 0.5) is 0 Å². The summed E-state index contributed by atoms with van der Waals surface area (Å²) in [5.74, 6) is 0.854. The second-order valence-electron chi connectivity index (χ2n) is 5.45. The third kappa shape index (κ3) is 6.59. The van der Waals surface area contributed by atoms with Crippen molar-refractivity contribution in [2.24, 2.45) is 4.99 Å². The van der Waals surface area contributed by atoms with Gasteiger partial charge in [0, 0.05) is 43.0 Å². The molecule has 0 fully saturated rings. The molecule has 0 aliphatic rings. The van der Waals surface area contributed by atoms with Crippen molar-refractivity contribution < 1.29 is 0 Å². The van der Waals surface area contributed by atoms with Gasteiger partial charge in [0.05, 0.1) is 0 Å². The van der Waals surface area contributed by atoms with E-state index in [9.17, 15) is 0 Å². The summed E-state index contributed by atoms with van der Waals surface area (Å²) in [6, 6.07) is 14.0. The Kier molecular flexibility index (Phi) is 8.11. The molecule has 0 amide bonds. The molecule has 128 valence electrons. The standard InChI is InChI=1S/C19H25ClN4/c1-2-21-19(24-15-12-17-10-5-6-13-22-17)23-14-7-9-16-8-3-4-11-18(16)20/h3-6,8,10-11,13H,2,7,9,12,14-15H2,1H3,(H2,21,23,24). The Bertz CT molecular complexity index is 628.